The molecule has 0 amide bonds. The number of carbonyl (C=O) groups excluding carboxylic acids is 1. The average Bonchev–Trinajstić information content (AvgIpc) is 2.60. The second-order valence-electron chi connectivity index (χ2n) is 7.26. The molecule has 0 spiro atoms. The molecular formula is C22H34O. The molecule has 0 bridgehead atoms. The van der Waals surface area contributed by atoms with Gasteiger partial charge in [0, 0.05) is 5.92 Å². The molecule has 0 aromatic rings. The molecule has 128 valence electrons. The lowest BCUT2D eigenvalue weighted by Crippen LogP contribution is -2.32. The summed E-state index contributed by atoms with van der Waals surface area (Å²) in [5.74, 6) is 2.58. The Labute approximate surface area is 142 Å². The Balaban J connectivity index is 2.29. The molecule has 0 aliphatic heterocycles. The first kappa shape index (κ1) is 18.2. The van der Waals surface area contributed by atoms with Crippen molar-refractivity contribution in [3.63, 3.8) is 0 Å². The topological polar surface area (TPSA) is 17.1 Å². The lowest BCUT2D eigenvalue weighted by molar-refractivity contribution is -0.121. The summed E-state index contributed by atoms with van der Waals surface area (Å²) in [5.41, 5.74) is 1.40. The molecule has 23 heavy (non-hydrogen) atoms. The molecule has 0 N–H and O–H groups in total. The highest BCUT2D eigenvalue weighted by Gasteiger charge is 2.34. The van der Waals surface area contributed by atoms with Crippen LogP contribution in [0, 0.1) is 29.6 Å². The van der Waals surface area contributed by atoms with E-state index in [1.54, 1.807) is 0 Å². The van der Waals surface area contributed by atoms with Gasteiger partial charge in [-0.2, -0.15) is 0 Å². The van der Waals surface area contributed by atoms with Gasteiger partial charge in [-0.15, -0.1) is 0 Å². The maximum Gasteiger partial charge on any atom is 0.159 e. The molecule has 5 unspecified atom stereocenters. The van der Waals surface area contributed by atoms with Crippen LogP contribution in [-0.2, 0) is 4.79 Å². The normalized spacial score (nSPS) is 35.7. The van der Waals surface area contributed by atoms with Crippen LogP contribution < -0.4 is 0 Å². The number of hydrogen-bond donors (Lipinski definition) is 0. The minimum Gasteiger partial charge on any atom is -0.295 e. The summed E-state index contributed by atoms with van der Waals surface area (Å²) in [5, 5.41) is 0. The third-order valence-corrected chi connectivity index (χ3v) is 6.05. The van der Waals surface area contributed by atoms with Crippen LogP contribution in [0.3, 0.4) is 0 Å². The van der Waals surface area contributed by atoms with E-state index in [0.29, 0.717) is 29.5 Å². The van der Waals surface area contributed by atoms with E-state index >= 15 is 0 Å². The van der Waals surface area contributed by atoms with Crippen molar-refractivity contribution < 1.29 is 4.79 Å². The van der Waals surface area contributed by atoms with Gasteiger partial charge in [-0.25, -0.2) is 0 Å². The molecule has 0 fully saturated rings. The van der Waals surface area contributed by atoms with Crippen LogP contribution in [0.25, 0.3) is 0 Å². The summed E-state index contributed by atoms with van der Waals surface area (Å²) in [6.07, 6.45) is 17.9. The van der Waals surface area contributed by atoms with Crippen LogP contribution in [0.4, 0.5) is 0 Å². The third kappa shape index (κ3) is 4.05. The zero-order valence-corrected chi connectivity index (χ0v) is 15.4. The minimum absolute atomic E-state index is 0.198. The van der Waals surface area contributed by atoms with Gasteiger partial charge < -0.3 is 0 Å². The van der Waals surface area contributed by atoms with Gasteiger partial charge >= 0.3 is 0 Å². The summed E-state index contributed by atoms with van der Waals surface area (Å²) in [6.45, 7) is 8.94. The van der Waals surface area contributed by atoms with Gasteiger partial charge in [-0.05, 0) is 61.9 Å². The maximum absolute atomic E-state index is 13.2. The highest BCUT2D eigenvalue weighted by Crippen LogP contribution is 2.38. The molecule has 5 atom stereocenters. The van der Waals surface area contributed by atoms with Crippen molar-refractivity contribution in [1.29, 1.82) is 0 Å². The molecule has 0 heterocycles. The fourth-order valence-electron chi connectivity index (χ4n) is 4.51. The monoisotopic (exact) mass is 314 g/mol. The fourth-order valence-corrected chi connectivity index (χ4v) is 4.51. The molecule has 2 aliphatic rings. The second-order valence-corrected chi connectivity index (χ2v) is 7.26. The summed E-state index contributed by atoms with van der Waals surface area (Å²) in [7, 11) is 0. The first-order valence-corrected chi connectivity index (χ1v) is 9.74. The standard InChI is InChI=1S/C22H34O/c1-5-16-11-9-12-17(6-2)20(16)15-21(23)22-18(7-3)13-10-14-19(22)8-4/h9-11,13,15-19,22H,5-8,12,14H2,1-4H3/b20-15+. The predicted molar refractivity (Wildman–Crippen MR) is 99.2 cm³/mol. The van der Waals surface area contributed by atoms with E-state index in [2.05, 4.69) is 58.1 Å². The van der Waals surface area contributed by atoms with Gasteiger partial charge in [0.1, 0.15) is 0 Å². The highest BCUT2D eigenvalue weighted by atomic mass is 16.1. The molecule has 2 rings (SSSR count). The van der Waals surface area contributed by atoms with Gasteiger partial charge in [-0.3, -0.25) is 4.79 Å². The smallest absolute Gasteiger partial charge is 0.159 e. The van der Waals surface area contributed by atoms with E-state index in [4.69, 9.17) is 0 Å². The first-order chi connectivity index (χ1) is 11.2. The summed E-state index contributed by atoms with van der Waals surface area (Å²) in [6, 6.07) is 0. The zero-order valence-electron chi connectivity index (χ0n) is 15.4. The van der Waals surface area contributed by atoms with Crippen LogP contribution in [0.5, 0.6) is 0 Å². The molecule has 0 aromatic carbocycles. The Bertz CT molecular complexity index is 480. The Morgan fingerprint density at radius 2 is 1.74 bits per heavy atom. The van der Waals surface area contributed by atoms with E-state index in [9.17, 15) is 4.79 Å². The van der Waals surface area contributed by atoms with Gasteiger partial charge in [0.15, 0.2) is 5.78 Å². The Hall–Kier alpha value is -1.11. The lowest BCUT2D eigenvalue weighted by atomic mass is 9.70. The molecule has 2 aliphatic carbocycles. The molecule has 0 saturated heterocycles. The highest BCUT2D eigenvalue weighted by molar-refractivity contribution is 5.93. The zero-order chi connectivity index (χ0) is 16.8. The third-order valence-electron chi connectivity index (χ3n) is 6.05. The van der Waals surface area contributed by atoms with Crippen molar-refractivity contribution in [2.75, 3.05) is 0 Å². The molecule has 1 nitrogen and oxygen atoms in total. The maximum atomic E-state index is 13.2. The largest absolute Gasteiger partial charge is 0.295 e. The van der Waals surface area contributed by atoms with E-state index in [-0.39, 0.29) is 5.92 Å². The quantitative estimate of drug-likeness (QED) is 0.426. The Morgan fingerprint density at radius 1 is 1.00 bits per heavy atom. The summed E-state index contributed by atoms with van der Waals surface area (Å²) in [4.78, 5) is 13.2. The van der Waals surface area contributed by atoms with E-state index in [1.807, 2.05) is 0 Å². The van der Waals surface area contributed by atoms with Crippen molar-refractivity contribution in [1.82, 2.24) is 0 Å². The number of rotatable bonds is 6. The van der Waals surface area contributed by atoms with Crippen molar-refractivity contribution in [3.8, 4) is 0 Å². The first-order valence-electron chi connectivity index (χ1n) is 9.74. The van der Waals surface area contributed by atoms with Gasteiger partial charge in [0.2, 0.25) is 0 Å². The van der Waals surface area contributed by atoms with Crippen LogP contribution in [0.2, 0.25) is 0 Å². The van der Waals surface area contributed by atoms with Gasteiger partial charge in [0.05, 0.1) is 0 Å². The Kier molecular flexibility index (Phi) is 6.87. The van der Waals surface area contributed by atoms with Crippen LogP contribution in [0.15, 0.2) is 36.0 Å². The number of ketones is 1. The van der Waals surface area contributed by atoms with Crippen LogP contribution in [-0.4, -0.2) is 5.78 Å². The SMILES string of the molecule is CCC1C=CCC(CC)/C1=C/C(=O)C1C(CC)C=CCC1CC. The van der Waals surface area contributed by atoms with E-state index in [0.717, 1.165) is 38.5 Å². The lowest BCUT2D eigenvalue weighted by Gasteiger charge is -2.33. The molecule has 0 saturated carbocycles. The van der Waals surface area contributed by atoms with Crippen LogP contribution >= 0.6 is 0 Å². The molecule has 0 radical (unpaired) electrons. The van der Waals surface area contributed by atoms with Gasteiger partial charge in [0.25, 0.3) is 0 Å². The van der Waals surface area contributed by atoms with Crippen molar-refractivity contribution in [2.24, 2.45) is 29.6 Å². The van der Waals surface area contributed by atoms with Crippen molar-refractivity contribution in [3.05, 3.63) is 36.0 Å². The fraction of sp³-hybridized carbons (Fsp3) is 0.682. The number of hydrogen-bond acceptors (Lipinski definition) is 1. The number of carbonyl (C=O) groups is 1. The van der Waals surface area contributed by atoms with E-state index in [1.165, 1.54) is 5.57 Å². The van der Waals surface area contributed by atoms with Crippen molar-refractivity contribution >= 4 is 5.78 Å². The Morgan fingerprint density at radius 3 is 2.35 bits per heavy atom. The average molecular weight is 315 g/mol. The second kappa shape index (κ2) is 8.66. The molecule has 0 aromatic heterocycles. The van der Waals surface area contributed by atoms with Gasteiger partial charge in [-0.1, -0.05) is 64.0 Å². The molecular weight excluding hydrogens is 280 g/mol. The minimum atomic E-state index is 0.198. The number of allylic oxidation sites excluding steroid dienone is 6. The predicted octanol–water partition coefficient (Wildman–Crippen LogP) is 6.12. The van der Waals surface area contributed by atoms with Crippen molar-refractivity contribution in [2.45, 2.75) is 66.2 Å². The van der Waals surface area contributed by atoms with E-state index < -0.39 is 0 Å². The molecule has 1 heteroatoms. The van der Waals surface area contributed by atoms with Crippen LogP contribution in [0.1, 0.15) is 66.2 Å². The summed E-state index contributed by atoms with van der Waals surface area (Å²) >= 11 is 0. The summed E-state index contributed by atoms with van der Waals surface area (Å²) < 4.78 is 0.